The average molecular weight is 431 g/mol. The molecule has 0 spiro atoms. The fourth-order valence-corrected chi connectivity index (χ4v) is 3.91. The highest BCUT2D eigenvalue weighted by Gasteiger charge is 2.14. The van der Waals surface area contributed by atoms with E-state index in [1.807, 2.05) is 54.9 Å². The van der Waals surface area contributed by atoms with Crippen LogP contribution in [0.4, 0.5) is 5.69 Å². The molecule has 1 amide bonds. The largest absolute Gasteiger partial charge is 0.493 e. The van der Waals surface area contributed by atoms with Gasteiger partial charge < -0.3 is 14.8 Å². The van der Waals surface area contributed by atoms with Gasteiger partial charge in [-0.2, -0.15) is 5.10 Å². The molecule has 0 bridgehead atoms. The SMILES string of the molecule is COc1ccc(CC(=O)Nc2ccc(-n3nc(C)c4c(C)cc(C)nc43)cc2)cc1OC. The zero-order valence-corrected chi connectivity index (χ0v) is 18.9. The molecule has 2 aromatic heterocycles. The van der Waals surface area contributed by atoms with Crippen molar-refractivity contribution in [2.75, 3.05) is 19.5 Å². The molecule has 0 aliphatic heterocycles. The Bertz CT molecular complexity index is 1290. The van der Waals surface area contributed by atoms with Gasteiger partial charge in [-0.25, -0.2) is 9.67 Å². The maximum absolute atomic E-state index is 12.5. The molecular formula is C25H26N4O3. The molecule has 2 heterocycles. The van der Waals surface area contributed by atoms with Gasteiger partial charge >= 0.3 is 0 Å². The van der Waals surface area contributed by atoms with Gasteiger partial charge in [0.2, 0.25) is 5.91 Å². The van der Waals surface area contributed by atoms with E-state index in [0.717, 1.165) is 39.2 Å². The van der Waals surface area contributed by atoms with Gasteiger partial charge in [0, 0.05) is 16.8 Å². The lowest BCUT2D eigenvalue weighted by atomic mass is 10.1. The van der Waals surface area contributed by atoms with Crippen molar-refractivity contribution >= 4 is 22.6 Å². The van der Waals surface area contributed by atoms with E-state index in [0.29, 0.717) is 17.2 Å². The number of amides is 1. The third-order valence-corrected chi connectivity index (χ3v) is 5.35. The predicted molar refractivity (Wildman–Crippen MR) is 125 cm³/mol. The third kappa shape index (κ3) is 4.14. The molecule has 0 unspecified atom stereocenters. The summed E-state index contributed by atoms with van der Waals surface area (Å²) in [5, 5.41) is 8.70. The molecule has 0 aliphatic carbocycles. The van der Waals surface area contributed by atoms with Crippen LogP contribution in [0.5, 0.6) is 11.5 Å². The van der Waals surface area contributed by atoms with E-state index in [2.05, 4.69) is 28.4 Å². The first-order chi connectivity index (χ1) is 15.4. The van der Waals surface area contributed by atoms with Gasteiger partial charge in [-0.1, -0.05) is 6.07 Å². The fourth-order valence-electron chi connectivity index (χ4n) is 3.91. The summed E-state index contributed by atoms with van der Waals surface area (Å²) in [7, 11) is 3.16. The number of anilines is 1. The smallest absolute Gasteiger partial charge is 0.228 e. The summed E-state index contributed by atoms with van der Waals surface area (Å²) in [6, 6.07) is 15.1. The maximum Gasteiger partial charge on any atom is 0.228 e. The van der Waals surface area contributed by atoms with E-state index >= 15 is 0 Å². The molecule has 0 radical (unpaired) electrons. The Morgan fingerprint density at radius 3 is 2.38 bits per heavy atom. The molecule has 7 heteroatoms. The molecule has 7 nitrogen and oxygen atoms in total. The number of nitrogens with one attached hydrogen (secondary N) is 1. The van der Waals surface area contributed by atoms with Crippen LogP contribution in [0.1, 0.15) is 22.5 Å². The summed E-state index contributed by atoms with van der Waals surface area (Å²) in [5.74, 6) is 1.12. The number of fused-ring (bicyclic) bond motifs is 1. The summed E-state index contributed by atoms with van der Waals surface area (Å²) in [6.07, 6.45) is 0.230. The molecule has 164 valence electrons. The summed E-state index contributed by atoms with van der Waals surface area (Å²) < 4.78 is 12.4. The van der Waals surface area contributed by atoms with Crippen LogP contribution in [-0.4, -0.2) is 34.9 Å². The molecular weight excluding hydrogens is 404 g/mol. The van der Waals surface area contributed by atoms with Crippen molar-refractivity contribution in [1.82, 2.24) is 14.8 Å². The van der Waals surface area contributed by atoms with Crippen LogP contribution in [0.3, 0.4) is 0 Å². The van der Waals surface area contributed by atoms with Crippen molar-refractivity contribution in [3.8, 4) is 17.2 Å². The number of pyridine rings is 1. The molecule has 0 saturated carbocycles. The summed E-state index contributed by atoms with van der Waals surface area (Å²) in [6.45, 7) is 6.05. The summed E-state index contributed by atoms with van der Waals surface area (Å²) >= 11 is 0. The van der Waals surface area contributed by atoms with Crippen molar-refractivity contribution in [2.24, 2.45) is 0 Å². The molecule has 0 fully saturated rings. The zero-order chi connectivity index (χ0) is 22.8. The second-order valence-corrected chi connectivity index (χ2v) is 7.74. The van der Waals surface area contributed by atoms with Crippen molar-refractivity contribution in [3.05, 3.63) is 71.0 Å². The van der Waals surface area contributed by atoms with E-state index < -0.39 is 0 Å². The topological polar surface area (TPSA) is 78.3 Å². The first kappa shape index (κ1) is 21.4. The lowest BCUT2D eigenvalue weighted by Crippen LogP contribution is -2.14. The maximum atomic E-state index is 12.5. The van der Waals surface area contributed by atoms with Gasteiger partial charge in [0.05, 0.1) is 32.0 Å². The number of hydrogen-bond donors (Lipinski definition) is 1. The number of carbonyl (C=O) groups excluding carboxylic acids is 1. The van der Waals surface area contributed by atoms with Crippen molar-refractivity contribution < 1.29 is 14.3 Å². The van der Waals surface area contributed by atoms with E-state index in [4.69, 9.17) is 9.47 Å². The summed E-state index contributed by atoms with van der Waals surface area (Å²) in [5.41, 5.74) is 6.34. The average Bonchev–Trinajstić information content (AvgIpc) is 3.10. The van der Waals surface area contributed by atoms with Crippen LogP contribution >= 0.6 is 0 Å². The van der Waals surface area contributed by atoms with Crippen molar-refractivity contribution in [1.29, 1.82) is 0 Å². The Balaban J connectivity index is 1.51. The number of rotatable bonds is 6. The lowest BCUT2D eigenvalue weighted by Gasteiger charge is -2.10. The van der Waals surface area contributed by atoms with Crippen LogP contribution in [0.25, 0.3) is 16.7 Å². The number of benzene rings is 2. The molecule has 32 heavy (non-hydrogen) atoms. The molecule has 0 atom stereocenters. The number of aryl methyl sites for hydroxylation is 3. The van der Waals surface area contributed by atoms with Gasteiger partial charge in [-0.05, 0) is 74.4 Å². The number of carbonyl (C=O) groups is 1. The third-order valence-electron chi connectivity index (χ3n) is 5.35. The number of nitrogens with zero attached hydrogens (tertiary/aromatic N) is 3. The molecule has 4 rings (SSSR count). The molecule has 4 aromatic rings. The van der Waals surface area contributed by atoms with Crippen LogP contribution in [0.2, 0.25) is 0 Å². The fraction of sp³-hybridized carbons (Fsp3) is 0.240. The second kappa shape index (κ2) is 8.70. The van der Waals surface area contributed by atoms with Crippen LogP contribution in [0.15, 0.2) is 48.5 Å². The van der Waals surface area contributed by atoms with Crippen LogP contribution < -0.4 is 14.8 Å². The molecule has 2 aromatic carbocycles. The highest BCUT2D eigenvalue weighted by molar-refractivity contribution is 5.92. The van der Waals surface area contributed by atoms with E-state index in [-0.39, 0.29) is 12.3 Å². The summed E-state index contributed by atoms with van der Waals surface area (Å²) in [4.78, 5) is 17.2. The minimum atomic E-state index is -0.113. The Labute approximate surface area is 187 Å². The van der Waals surface area contributed by atoms with Gasteiger partial charge in [-0.3, -0.25) is 4.79 Å². The van der Waals surface area contributed by atoms with Crippen LogP contribution in [0, 0.1) is 20.8 Å². The van der Waals surface area contributed by atoms with E-state index in [1.165, 1.54) is 0 Å². The number of ether oxygens (including phenoxy) is 2. The first-order valence-electron chi connectivity index (χ1n) is 10.3. The van der Waals surface area contributed by atoms with Gasteiger partial charge in [0.15, 0.2) is 17.1 Å². The van der Waals surface area contributed by atoms with Gasteiger partial charge in [-0.15, -0.1) is 0 Å². The standard InChI is InChI=1S/C25H26N4O3/c1-15-12-16(2)26-25-24(15)17(3)28-29(25)20-9-7-19(8-10-20)27-23(30)14-18-6-11-21(31-4)22(13-18)32-5/h6-13H,14H2,1-5H3,(H,27,30). The monoisotopic (exact) mass is 430 g/mol. The molecule has 1 N–H and O–H groups in total. The normalized spacial score (nSPS) is 10.9. The number of aromatic nitrogens is 3. The second-order valence-electron chi connectivity index (χ2n) is 7.74. The predicted octanol–water partition coefficient (Wildman–Crippen LogP) is 4.54. The van der Waals surface area contributed by atoms with Crippen LogP contribution in [-0.2, 0) is 11.2 Å². The Morgan fingerprint density at radius 1 is 0.969 bits per heavy atom. The molecule has 0 saturated heterocycles. The highest BCUT2D eigenvalue weighted by atomic mass is 16.5. The highest BCUT2D eigenvalue weighted by Crippen LogP contribution is 2.28. The molecule has 0 aliphatic rings. The van der Waals surface area contributed by atoms with Gasteiger partial charge in [0.1, 0.15) is 0 Å². The first-order valence-corrected chi connectivity index (χ1v) is 10.3. The Hall–Kier alpha value is -3.87. The minimum absolute atomic E-state index is 0.113. The lowest BCUT2D eigenvalue weighted by molar-refractivity contribution is -0.115. The van der Waals surface area contributed by atoms with Crippen molar-refractivity contribution in [3.63, 3.8) is 0 Å². The number of methoxy groups -OCH3 is 2. The quantitative estimate of drug-likeness (QED) is 0.486. The van der Waals surface area contributed by atoms with Crippen molar-refractivity contribution in [2.45, 2.75) is 27.2 Å². The Kier molecular flexibility index (Phi) is 5.81. The van der Waals surface area contributed by atoms with Gasteiger partial charge in [0.25, 0.3) is 0 Å². The number of hydrogen-bond acceptors (Lipinski definition) is 5. The Morgan fingerprint density at radius 2 is 1.69 bits per heavy atom. The zero-order valence-electron chi connectivity index (χ0n) is 18.9. The van der Waals surface area contributed by atoms with E-state index in [9.17, 15) is 4.79 Å². The van der Waals surface area contributed by atoms with E-state index in [1.54, 1.807) is 20.3 Å². The minimum Gasteiger partial charge on any atom is -0.493 e.